The van der Waals surface area contributed by atoms with Gasteiger partial charge in [-0.15, -0.1) is 0 Å². The Labute approximate surface area is 117 Å². The van der Waals surface area contributed by atoms with Crippen LogP contribution in [-0.2, 0) is 6.54 Å². The van der Waals surface area contributed by atoms with Crippen molar-refractivity contribution in [2.24, 2.45) is 11.8 Å². The SMILES string of the molecule is CC(C)CNCC1CCCN(Cc2ccccn2)C1. The fourth-order valence-corrected chi connectivity index (χ4v) is 2.76. The van der Waals surface area contributed by atoms with Crippen molar-refractivity contribution < 1.29 is 0 Å². The van der Waals surface area contributed by atoms with Gasteiger partial charge in [0, 0.05) is 19.3 Å². The van der Waals surface area contributed by atoms with Crippen molar-refractivity contribution in [3.05, 3.63) is 30.1 Å². The number of hydrogen-bond donors (Lipinski definition) is 1. The molecular formula is C16H27N3. The molecule has 0 amide bonds. The van der Waals surface area contributed by atoms with Crippen LogP contribution < -0.4 is 5.32 Å². The maximum absolute atomic E-state index is 4.43. The quantitative estimate of drug-likeness (QED) is 0.853. The van der Waals surface area contributed by atoms with Crippen molar-refractivity contribution >= 4 is 0 Å². The second-order valence-electron chi connectivity index (χ2n) is 6.12. The van der Waals surface area contributed by atoms with E-state index >= 15 is 0 Å². The van der Waals surface area contributed by atoms with Crippen LogP contribution in [-0.4, -0.2) is 36.1 Å². The summed E-state index contributed by atoms with van der Waals surface area (Å²) in [4.78, 5) is 6.98. The molecule has 1 aromatic heterocycles. The van der Waals surface area contributed by atoms with Crippen LogP contribution in [0.15, 0.2) is 24.4 Å². The van der Waals surface area contributed by atoms with Gasteiger partial charge in [-0.2, -0.15) is 0 Å². The molecule has 0 radical (unpaired) electrons. The summed E-state index contributed by atoms with van der Waals surface area (Å²) < 4.78 is 0. The highest BCUT2D eigenvalue weighted by Crippen LogP contribution is 2.17. The smallest absolute Gasteiger partial charge is 0.0543 e. The number of nitrogens with zero attached hydrogens (tertiary/aromatic N) is 2. The largest absolute Gasteiger partial charge is 0.316 e. The minimum absolute atomic E-state index is 0.744. The predicted molar refractivity (Wildman–Crippen MR) is 79.9 cm³/mol. The lowest BCUT2D eigenvalue weighted by molar-refractivity contribution is 0.163. The topological polar surface area (TPSA) is 28.2 Å². The molecule has 19 heavy (non-hydrogen) atoms. The van der Waals surface area contributed by atoms with Gasteiger partial charge < -0.3 is 5.32 Å². The number of rotatable bonds is 6. The highest BCUT2D eigenvalue weighted by molar-refractivity contribution is 5.03. The van der Waals surface area contributed by atoms with Crippen LogP contribution >= 0.6 is 0 Å². The van der Waals surface area contributed by atoms with E-state index in [1.54, 1.807) is 0 Å². The van der Waals surface area contributed by atoms with E-state index in [0.717, 1.165) is 31.5 Å². The summed E-state index contributed by atoms with van der Waals surface area (Å²) in [6.45, 7) is 10.3. The summed E-state index contributed by atoms with van der Waals surface area (Å²) in [5, 5.41) is 3.60. The number of pyridine rings is 1. The molecule has 1 saturated heterocycles. The first-order valence-electron chi connectivity index (χ1n) is 7.57. The molecule has 0 spiro atoms. The van der Waals surface area contributed by atoms with Crippen LogP contribution in [0.4, 0.5) is 0 Å². The van der Waals surface area contributed by atoms with Crippen LogP contribution in [0.1, 0.15) is 32.4 Å². The van der Waals surface area contributed by atoms with Crippen LogP contribution in [0.2, 0.25) is 0 Å². The second-order valence-corrected chi connectivity index (χ2v) is 6.12. The van der Waals surface area contributed by atoms with E-state index in [4.69, 9.17) is 0 Å². The van der Waals surface area contributed by atoms with Gasteiger partial charge in [-0.05, 0) is 56.4 Å². The van der Waals surface area contributed by atoms with Crippen LogP contribution in [0.3, 0.4) is 0 Å². The summed E-state index contributed by atoms with van der Waals surface area (Å²) in [5.41, 5.74) is 1.19. The third-order valence-corrected chi connectivity index (χ3v) is 3.70. The highest BCUT2D eigenvalue weighted by atomic mass is 15.1. The average Bonchev–Trinajstić information content (AvgIpc) is 2.40. The normalized spacial score (nSPS) is 20.9. The van der Waals surface area contributed by atoms with Crippen LogP contribution in [0.5, 0.6) is 0 Å². The summed E-state index contributed by atoms with van der Waals surface area (Å²) in [6, 6.07) is 6.19. The maximum Gasteiger partial charge on any atom is 0.0543 e. The zero-order chi connectivity index (χ0) is 13.5. The van der Waals surface area contributed by atoms with E-state index in [9.17, 15) is 0 Å². The summed E-state index contributed by atoms with van der Waals surface area (Å²) in [7, 11) is 0. The third-order valence-electron chi connectivity index (χ3n) is 3.70. The molecule has 1 atom stereocenters. The van der Waals surface area contributed by atoms with Crippen molar-refractivity contribution in [3.8, 4) is 0 Å². The lowest BCUT2D eigenvalue weighted by Crippen LogP contribution is -2.39. The Bertz CT molecular complexity index is 350. The first-order valence-corrected chi connectivity index (χ1v) is 7.57. The summed E-state index contributed by atoms with van der Waals surface area (Å²) >= 11 is 0. The van der Waals surface area contributed by atoms with Gasteiger partial charge in [0.15, 0.2) is 0 Å². The number of aromatic nitrogens is 1. The molecule has 106 valence electrons. The molecule has 3 heteroatoms. The third kappa shape index (κ3) is 5.29. The van der Waals surface area contributed by atoms with E-state index in [1.165, 1.54) is 31.6 Å². The van der Waals surface area contributed by atoms with E-state index in [2.05, 4.69) is 41.2 Å². The van der Waals surface area contributed by atoms with Crippen molar-refractivity contribution in [2.45, 2.75) is 33.2 Å². The monoisotopic (exact) mass is 261 g/mol. The first kappa shape index (κ1) is 14.5. The van der Waals surface area contributed by atoms with Gasteiger partial charge in [0.05, 0.1) is 5.69 Å². The zero-order valence-electron chi connectivity index (χ0n) is 12.3. The van der Waals surface area contributed by atoms with Crippen LogP contribution in [0.25, 0.3) is 0 Å². The molecule has 0 bridgehead atoms. The van der Waals surface area contributed by atoms with E-state index in [-0.39, 0.29) is 0 Å². The van der Waals surface area contributed by atoms with Gasteiger partial charge in [-0.1, -0.05) is 19.9 Å². The van der Waals surface area contributed by atoms with Crippen molar-refractivity contribution in [2.75, 3.05) is 26.2 Å². The molecule has 1 aliphatic rings. The molecule has 0 saturated carbocycles. The van der Waals surface area contributed by atoms with E-state index in [1.807, 2.05) is 12.3 Å². The van der Waals surface area contributed by atoms with Crippen LogP contribution in [0, 0.1) is 11.8 Å². The average molecular weight is 261 g/mol. The molecule has 1 aromatic rings. The van der Waals surface area contributed by atoms with Gasteiger partial charge >= 0.3 is 0 Å². The standard InChI is InChI=1S/C16H27N3/c1-14(2)10-17-11-15-6-5-9-19(12-15)13-16-7-3-4-8-18-16/h3-4,7-8,14-15,17H,5-6,9-13H2,1-2H3. The maximum atomic E-state index is 4.43. The zero-order valence-corrected chi connectivity index (χ0v) is 12.3. The Morgan fingerprint density at radius 2 is 2.32 bits per heavy atom. The van der Waals surface area contributed by atoms with Gasteiger partial charge in [0.2, 0.25) is 0 Å². The Balaban J connectivity index is 1.74. The molecule has 2 rings (SSSR count). The molecule has 1 N–H and O–H groups in total. The Kier molecular flexibility index (Phi) is 5.80. The number of nitrogens with one attached hydrogen (secondary N) is 1. The molecule has 0 aliphatic carbocycles. The molecule has 1 unspecified atom stereocenters. The summed E-state index contributed by atoms with van der Waals surface area (Å²) in [5.74, 6) is 1.55. The molecule has 2 heterocycles. The Morgan fingerprint density at radius 1 is 1.42 bits per heavy atom. The first-order chi connectivity index (χ1) is 9.24. The van der Waals surface area contributed by atoms with Gasteiger partial charge in [0.1, 0.15) is 0 Å². The molecule has 3 nitrogen and oxygen atoms in total. The molecule has 0 aromatic carbocycles. The van der Waals surface area contributed by atoms with Gasteiger partial charge in [-0.3, -0.25) is 9.88 Å². The number of likely N-dealkylation sites (tertiary alicyclic amines) is 1. The predicted octanol–water partition coefficient (Wildman–Crippen LogP) is 2.54. The molecule has 1 aliphatic heterocycles. The van der Waals surface area contributed by atoms with Gasteiger partial charge in [0.25, 0.3) is 0 Å². The Hall–Kier alpha value is -0.930. The fourth-order valence-electron chi connectivity index (χ4n) is 2.76. The lowest BCUT2D eigenvalue weighted by Gasteiger charge is -2.32. The second kappa shape index (κ2) is 7.61. The van der Waals surface area contributed by atoms with Gasteiger partial charge in [-0.25, -0.2) is 0 Å². The highest BCUT2D eigenvalue weighted by Gasteiger charge is 2.19. The van der Waals surface area contributed by atoms with Crippen molar-refractivity contribution in [1.82, 2.24) is 15.2 Å². The lowest BCUT2D eigenvalue weighted by atomic mass is 9.97. The van der Waals surface area contributed by atoms with E-state index in [0.29, 0.717) is 0 Å². The fraction of sp³-hybridized carbons (Fsp3) is 0.688. The van der Waals surface area contributed by atoms with Crippen molar-refractivity contribution in [3.63, 3.8) is 0 Å². The minimum Gasteiger partial charge on any atom is -0.316 e. The molecule has 1 fully saturated rings. The Morgan fingerprint density at radius 3 is 3.05 bits per heavy atom. The number of hydrogen-bond acceptors (Lipinski definition) is 3. The number of piperidine rings is 1. The van der Waals surface area contributed by atoms with E-state index < -0.39 is 0 Å². The van der Waals surface area contributed by atoms with Crippen molar-refractivity contribution in [1.29, 1.82) is 0 Å². The minimum atomic E-state index is 0.744. The molecular weight excluding hydrogens is 234 g/mol. The summed E-state index contributed by atoms with van der Waals surface area (Å²) in [6.07, 6.45) is 4.58.